The first kappa shape index (κ1) is 21.0. The van der Waals surface area contributed by atoms with Crippen molar-refractivity contribution < 1.29 is 18.7 Å². The predicted molar refractivity (Wildman–Crippen MR) is 103 cm³/mol. The molecule has 1 saturated heterocycles. The van der Waals surface area contributed by atoms with Gasteiger partial charge in [0.1, 0.15) is 5.60 Å². The summed E-state index contributed by atoms with van der Waals surface area (Å²) >= 11 is 3.30. The number of nitrogens with zero attached hydrogens (tertiary/aromatic N) is 2. The van der Waals surface area contributed by atoms with Gasteiger partial charge in [0.2, 0.25) is 0 Å². The topological polar surface area (TPSA) is 42.0 Å². The smallest absolute Gasteiger partial charge is 0.410 e. The lowest BCUT2D eigenvalue weighted by atomic mass is 10.2. The minimum absolute atomic E-state index is 0.0974. The molecule has 0 N–H and O–H groups in total. The van der Waals surface area contributed by atoms with Gasteiger partial charge in [0.05, 0.1) is 11.1 Å². The molecule has 7 heteroatoms. The molecule has 0 saturated carbocycles. The Balaban J connectivity index is 1.73. The van der Waals surface area contributed by atoms with Crippen LogP contribution in [0.1, 0.15) is 34.1 Å². The van der Waals surface area contributed by atoms with Gasteiger partial charge in [-0.2, -0.15) is 0 Å². The third kappa shape index (κ3) is 6.13. The molecule has 0 unspecified atom stereocenters. The molecule has 0 radical (unpaired) electrons. The molecule has 1 atom stereocenters. The van der Waals surface area contributed by atoms with Crippen LogP contribution in [0.2, 0.25) is 0 Å². The number of amides is 1. The molecule has 1 amide bonds. The first-order valence-electron chi connectivity index (χ1n) is 8.96. The van der Waals surface area contributed by atoms with Crippen LogP contribution in [0.15, 0.2) is 22.7 Å². The standard InChI is InChI=1S/C19H28BrFN2O3/c1-14-13-22(10-11-23(14)18(24)26-19(2,3)4)9-6-12-25-17-15(20)7-5-8-16(17)21/h5,7-8,14H,6,9-13H2,1-4H3/t14-/m1/s1. The van der Waals surface area contributed by atoms with Gasteiger partial charge in [0, 0.05) is 32.2 Å². The van der Waals surface area contributed by atoms with Crippen molar-refractivity contribution in [3.8, 4) is 5.75 Å². The Kier molecular flexibility index (Phi) is 7.29. The van der Waals surface area contributed by atoms with Gasteiger partial charge in [0.15, 0.2) is 11.6 Å². The van der Waals surface area contributed by atoms with E-state index in [1.54, 1.807) is 17.0 Å². The van der Waals surface area contributed by atoms with E-state index >= 15 is 0 Å². The maximum absolute atomic E-state index is 13.7. The molecule has 1 aromatic rings. The molecule has 5 nitrogen and oxygen atoms in total. The molecule has 0 aliphatic carbocycles. The van der Waals surface area contributed by atoms with Gasteiger partial charge in [-0.3, -0.25) is 4.90 Å². The van der Waals surface area contributed by atoms with Crippen LogP contribution in [0.5, 0.6) is 5.75 Å². The van der Waals surface area contributed by atoms with Crippen LogP contribution in [-0.4, -0.2) is 60.3 Å². The van der Waals surface area contributed by atoms with Gasteiger partial charge in [0.25, 0.3) is 0 Å². The third-order valence-electron chi connectivity index (χ3n) is 4.12. The van der Waals surface area contributed by atoms with Gasteiger partial charge in [-0.25, -0.2) is 9.18 Å². The van der Waals surface area contributed by atoms with E-state index in [4.69, 9.17) is 9.47 Å². The molecular formula is C19H28BrFN2O3. The summed E-state index contributed by atoms with van der Waals surface area (Å²) in [5.41, 5.74) is -0.480. The molecule has 2 rings (SSSR count). The minimum Gasteiger partial charge on any atom is -0.489 e. The van der Waals surface area contributed by atoms with Crippen molar-refractivity contribution in [2.45, 2.75) is 45.8 Å². The van der Waals surface area contributed by atoms with Crippen molar-refractivity contribution in [2.24, 2.45) is 0 Å². The summed E-state index contributed by atoms with van der Waals surface area (Å²) in [5, 5.41) is 0. The monoisotopic (exact) mass is 430 g/mol. The van der Waals surface area contributed by atoms with E-state index in [9.17, 15) is 9.18 Å². The van der Waals surface area contributed by atoms with Crippen LogP contribution in [0.25, 0.3) is 0 Å². The number of halogens is 2. The molecule has 1 aliphatic heterocycles. The van der Waals surface area contributed by atoms with E-state index < -0.39 is 5.60 Å². The third-order valence-corrected chi connectivity index (χ3v) is 4.75. The molecule has 1 aliphatic rings. The molecule has 0 aromatic heterocycles. The number of carbonyl (C=O) groups is 1. The fraction of sp³-hybridized carbons (Fsp3) is 0.632. The van der Waals surface area contributed by atoms with Gasteiger partial charge in [-0.1, -0.05) is 6.07 Å². The predicted octanol–water partition coefficient (Wildman–Crippen LogP) is 4.30. The summed E-state index contributed by atoms with van der Waals surface area (Å²) in [6.07, 6.45) is 0.539. The number of hydrogen-bond acceptors (Lipinski definition) is 4. The van der Waals surface area contributed by atoms with Crippen LogP contribution in [-0.2, 0) is 4.74 Å². The van der Waals surface area contributed by atoms with E-state index in [0.29, 0.717) is 17.6 Å². The van der Waals surface area contributed by atoms with E-state index in [-0.39, 0.29) is 23.7 Å². The average molecular weight is 431 g/mol. The first-order valence-corrected chi connectivity index (χ1v) is 9.75. The zero-order valence-electron chi connectivity index (χ0n) is 15.9. The zero-order valence-corrected chi connectivity index (χ0v) is 17.5. The lowest BCUT2D eigenvalue weighted by molar-refractivity contribution is 0.00104. The van der Waals surface area contributed by atoms with E-state index in [1.165, 1.54) is 6.07 Å². The highest BCUT2D eigenvalue weighted by Gasteiger charge is 2.30. The van der Waals surface area contributed by atoms with E-state index in [2.05, 4.69) is 20.8 Å². The number of carbonyl (C=O) groups excluding carboxylic acids is 1. The molecule has 0 bridgehead atoms. The van der Waals surface area contributed by atoms with Crippen molar-refractivity contribution in [2.75, 3.05) is 32.8 Å². The number of para-hydroxylation sites is 1. The second kappa shape index (κ2) is 9.04. The van der Waals surface area contributed by atoms with Crippen LogP contribution < -0.4 is 4.74 Å². The molecule has 1 fully saturated rings. The van der Waals surface area contributed by atoms with Crippen molar-refractivity contribution in [3.05, 3.63) is 28.5 Å². The number of benzene rings is 1. The second-order valence-corrected chi connectivity index (χ2v) is 8.43. The molecule has 146 valence electrons. The highest BCUT2D eigenvalue weighted by molar-refractivity contribution is 9.10. The van der Waals surface area contributed by atoms with E-state index in [1.807, 2.05) is 27.7 Å². The summed E-state index contributed by atoms with van der Waals surface area (Å²) in [6, 6.07) is 4.88. The van der Waals surface area contributed by atoms with Crippen molar-refractivity contribution >= 4 is 22.0 Å². The van der Waals surface area contributed by atoms with Gasteiger partial charge < -0.3 is 14.4 Å². The Labute approximate surface area is 163 Å². The fourth-order valence-electron chi connectivity index (χ4n) is 2.91. The molecule has 26 heavy (non-hydrogen) atoms. The average Bonchev–Trinajstić information content (AvgIpc) is 2.52. The Morgan fingerprint density at radius 3 is 2.69 bits per heavy atom. The number of rotatable bonds is 5. The molecule has 1 aromatic carbocycles. The van der Waals surface area contributed by atoms with Crippen molar-refractivity contribution in [1.29, 1.82) is 0 Å². The lowest BCUT2D eigenvalue weighted by Gasteiger charge is -2.40. The summed E-state index contributed by atoms with van der Waals surface area (Å²) in [4.78, 5) is 16.3. The number of hydrogen-bond donors (Lipinski definition) is 0. The fourth-order valence-corrected chi connectivity index (χ4v) is 3.37. The summed E-state index contributed by atoms with van der Waals surface area (Å²) in [7, 11) is 0. The second-order valence-electron chi connectivity index (χ2n) is 7.58. The van der Waals surface area contributed by atoms with Crippen LogP contribution in [0.4, 0.5) is 9.18 Å². The van der Waals surface area contributed by atoms with Crippen LogP contribution in [0.3, 0.4) is 0 Å². The largest absolute Gasteiger partial charge is 0.489 e. The Morgan fingerprint density at radius 2 is 2.08 bits per heavy atom. The quantitative estimate of drug-likeness (QED) is 0.653. The molecular weight excluding hydrogens is 403 g/mol. The first-order chi connectivity index (χ1) is 12.2. The van der Waals surface area contributed by atoms with Crippen LogP contribution >= 0.6 is 15.9 Å². The SMILES string of the molecule is C[C@@H]1CN(CCCOc2c(F)cccc2Br)CCN1C(=O)OC(C)(C)C. The zero-order chi connectivity index (χ0) is 19.3. The number of ether oxygens (including phenoxy) is 2. The maximum Gasteiger partial charge on any atom is 0.410 e. The Hall–Kier alpha value is -1.34. The Bertz CT molecular complexity index is 601. The summed E-state index contributed by atoms with van der Waals surface area (Å²) < 4.78 is 25.4. The molecule has 0 spiro atoms. The molecule has 1 heterocycles. The highest BCUT2D eigenvalue weighted by atomic mass is 79.9. The normalized spacial score (nSPS) is 18.7. The lowest BCUT2D eigenvalue weighted by Crippen LogP contribution is -2.55. The summed E-state index contributed by atoms with van der Waals surface area (Å²) in [5.74, 6) is -0.102. The summed E-state index contributed by atoms with van der Waals surface area (Å²) in [6.45, 7) is 11.2. The maximum atomic E-state index is 13.7. The number of piperazine rings is 1. The Morgan fingerprint density at radius 1 is 1.35 bits per heavy atom. The van der Waals surface area contributed by atoms with E-state index in [0.717, 1.165) is 26.1 Å². The minimum atomic E-state index is -0.480. The highest BCUT2D eigenvalue weighted by Crippen LogP contribution is 2.27. The van der Waals surface area contributed by atoms with Crippen LogP contribution in [0, 0.1) is 5.82 Å². The van der Waals surface area contributed by atoms with Crippen molar-refractivity contribution in [1.82, 2.24) is 9.80 Å². The van der Waals surface area contributed by atoms with Gasteiger partial charge in [-0.15, -0.1) is 0 Å². The van der Waals surface area contributed by atoms with Gasteiger partial charge >= 0.3 is 6.09 Å². The van der Waals surface area contributed by atoms with Gasteiger partial charge in [-0.05, 0) is 62.2 Å². The van der Waals surface area contributed by atoms with Crippen molar-refractivity contribution in [3.63, 3.8) is 0 Å².